The fourth-order valence-corrected chi connectivity index (χ4v) is 2.38. The van der Waals surface area contributed by atoms with E-state index in [1.54, 1.807) is 0 Å². The Morgan fingerprint density at radius 1 is 1.13 bits per heavy atom. The van der Waals surface area contributed by atoms with E-state index in [2.05, 4.69) is 10.6 Å². The molecule has 4 nitrogen and oxygen atoms in total. The van der Waals surface area contributed by atoms with Crippen LogP contribution in [0.1, 0.15) is 32.1 Å². The van der Waals surface area contributed by atoms with Crippen molar-refractivity contribution in [2.24, 2.45) is 5.92 Å². The minimum Gasteiger partial charge on any atom is -0.355 e. The van der Waals surface area contributed by atoms with Crippen LogP contribution in [0.5, 0.6) is 0 Å². The SMILES string of the molecule is O=C1NCCCC1C(=O)C1CCCCN1. The highest BCUT2D eigenvalue weighted by Crippen LogP contribution is 2.18. The maximum absolute atomic E-state index is 12.0. The van der Waals surface area contributed by atoms with Crippen molar-refractivity contribution in [1.29, 1.82) is 0 Å². The number of amides is 1. The average Bonchev–Trinajstić information content (AvgIpc) is 2.30. The molecule has 2 heterocycles. The van der Waals surface area contributed by atoms with Gasteiger partial charge in [-0.3, -0.25) is 9.59 Å². The summed E-state index contributed by atoms with van der Waals surface area (Å²) < 4.78 is 0. The highest BCUT2D eigenvalue weighted by atomic mass is 16.2. The molecular weight excluding hydrogens is 192 g/mol. The molecule has 4 heteroatoms. The number of carbonyl (C=O) groups is 2. The van der Waals surface area contributed by atoms with Crippen molar-refractivity contribution in [3.8, 4) is 0 Å². The molecule has 15 heavy (non-hydrogen) atoms. The van der Waals surface area contributed by atoms with Crippen LogP contribution in [-0.2, 0) is 9.59 Å². The Bertz CT molecular complexity index is 259. The summed E-state index contributed by atoms with van der Waals surface area (Å²) in [4.78, 5) is 23.6. The van der Waals surface area contributed by atoms with Gasteiger partial charge in [0.25, 0.3) is 0 Å². The Hall–Kier alpha value is -0.900. The highest BCUT2D eigenvalue weighted by Gasteiger charge is 2.33. The largest absolute Gasteiger partial charge is 0.355 e. The van der Waals surface area contributed by atoms with Crippen LogP contribution in [0.15, 0.2) is 0 Å². The van der Waals surface area contributed by atoms with E-state index in [1.165, 1.54) is 0 Å². The summed E-state index contributed by atoms with van der Waals surface area (Å²) in [7, 11) is 0. The average molecular weight is 210 g/mol. The van der Waals surface area contributed by atoms with Gasteiger partial charge in [-0.2, -0.15) is 0 Å². The van der Waals surface area contributed by atoms with Crippen molar-refractivity contribution in [2.45, 2.75) is 38.1 Å². The number of hydrogen-bond acceptors (Lipinski definition) is 3. The lowest BCUT2D eigenvalue weighted by Gasteiger charge is -2.28. The molecule has 0 saturated carbocycles. The molecule has 2 N–H and O–H groups in total. The first-order chi connectivity index (χ1) is 7.29. The smallest absolute Gasteiger partial charge is 0.230 e. The second kappa shape index (κ2) is 4.75. The van der Waals surface area contributed by atoms with Gasteiger partial charge in [0.15, 0.2) is 5.78 Å². The Kier molecular flexibility index (Phi) is 3.36. The summed E-state index contributed by atoms with van der Waals surface area (Å²) in [5, 5.41) is 5.97. The number of rotatable bonds is 2. The number of hydrogen-bond donors (Lipinski definition) is 2. The molecule has 2 saturated heterocycles. The second-order valence-corrected chi connectivity index (χ2v) is 4.39. The molecule has 0 aromatic carbocycles. The minimum atomic E-state index is -0.394. The molecule has 0 aromatic rings. The normalized spacial score (nSPS) is 32.1. The van der Waals surface area contributed by atoms with Gasteiger partial charge < -0.3 is 10.6 Å². The summed E-state index contributed by atoms with van der Waals surface area (Å²) in [5.74, 6) is -0.361. The van der Waals surface area contributed by atoms with Crippen molar-refractivity contribution in [1.82, 2.24) is 10.6 Å². The van der Waals surface area contributed by atoms with Crippen LogP contribution in [-0.4, -0.2) is 30.8 Å². The van der Waals surface area contributed by atoms with E-state index in [-0.39, 0.29) is 17.7 Å². The molecule has 2 unspecified atom stereocenters. The van der Waals surface area contributed by atoms with Crippen LogP contribution < -0.4 is 10.6 Å². The molecule has 84 valence electrons. The third-order valence-electron chi connectivity index (χ3n) is 3.28. The van der Waals surface area contributed by atoms with Gasteiger partial charge >= 0.3 is 0 Å². The van der Waals surface area contributed by atoms with Gasteiger partial charge in [-0.1, -0.05) is 6.42 Å². The van der Waals surface area contributed by atoms with Crippen LogP contribution in [0.25, 0.3) is 0 Å². The summed E-state index contributed by atoms with van der Waals surface area (Å²) in [6.07, 6.45) is 4.78. The lowest BCUT2D eigenvalue weighted by molar-refractivity contribution is -0.137. The lowest BCUT2D eigenvalue weighted by Crippen LogP contribution is -2.49. The monoisotopic (exact) mass is 210 g/mol. The van der Waals surface area contributed by atoms with Crippen LogP contribution in [0.2, 0.25) is 0 Å². The van der Waals surface area contributed by atoms with Crippen molar-refractivity contribution >= 4 is 11.7 Å². The zero-order chi connectivity index (χ0) is 10.7. The molecule has 0 aliphatic carbocycles. The number of piperidine rings is 2. The van der Waals surface area contributed by atoms with Crippen molar-refractivity contribution in [3.05, 3.63) is 0 Å². The van der Waals surface area contributed by atoms with Crippen molar-refractivity contribution < 1.29 is 9.59 Å². The third kappa shape index (κ3) is 2.37. The number of carbonyl (C=O) groups excluding carboxylic acids is 2. The summed E-state index contributed by atoms with van der Waals surface area (Å²) >= 11 is 0. The molecule has 0 radical (unpaired) electrons. The number of nitrogens with one attached hydrogen (secondary N) is 2. The molecule has 1 amide bonds. The molecule has 2 aliphatic heterocycles. The molecular formula is C11H18N2O2. The molecule has 2 atom stereocenters. The summed E-state index contributed by atoms with van der Waals surface area (Å²) in [5.41, 5.74) is 0. The van der Waals surface area contributed by atoms with Gasteiger partial charge in [-0.15, -0.1) is 0 Å². The second-order valence-electron chi connectivity index (χ2n) is 4.39. The van der Waals surface area contributed by atoms with Gasteiger partial charge in [-0.05, 0) is 32.2 Å². The summed E-state index contributed by atoms with van der Waals surface area (Å²) in [6.45, 7) is 1.63. The molecule has 2 aliphatic rings. The van der Waals surface area contributed by atoms with E-state index in [0.29, 0.717) is 0 Å². The van der Waals surface area contributed by atoms with E-state index in [0.717, 1.165) is 45.2 Å². The highest BCUT2D eigenvalue weighted by molar-refractivity contribution is 6.04. The number of ketones is 1. The fourth-order valence-electron chi connectivity index (χ4n) is 2.38. The fraction of sp³-hybridized carbons (Fsp3) is 0.818. The third-order valence-corrected chi connectivity index (χ3v) is 3.28. The van der Waals surface area contributed by atoms with Crippen LogP contribution in [0, 0.1) is 5.92 Å². The van der Waals surface area contributed by atoms with Crippen molar-refractivity contribution in [3.63, 3.8) is 0 Å². The first-order valence-electron chi connectivity index (χ1n) is 5.84. The predicted octanol–water partition coefficient (Wildman–Crippen LogP) is 0.224. The van der Waals surface area contributed by atoms with Crippen LogP contribution in [0.4, 0.5) is 0 Å². The molecule has 0 spiro atoms. The van der Waals surface area contributed by atoms with Crippen LogP contribution >= 0.6 is 0 Å². The quantitative estimate of drug-likeness (QED) is 0.641. The van der Waals surface area contributed by atoms with Gasteiger partial charge in [0.2, 0.25) is 5.91 Å². The molecule has 2 rings (SSSR count). The maximum atomic E-state index is 12.0. The van der Waals surface area contributed by atoms with Crippen molar-refractivity contribution in [2.75, 3.05) is 13.1 Å². The van der Waals surface area contributed by atoms with Gasteiger partial charge in [-0.25, -0.2) is 0 Å². The minimum absolute atomic E-state index is 0.0707. The first-order valence-corrected chi connectivity index (χ1v) is 5.84. The zero-order valence-electron chi connectivity index (χ0n) is 8.92. The van der Waals surface area contributed by atoms with Crippen LogP contribution in [0.3, 0.4) is 0 Å². The Balaban J connectivity index is 1.95. The lowest BCUT2D eigenvalue weighted by atomic mass is 9.87. The van der Waals surface area contributed by atoms with Gasteiger partial charge in [0.05, 0.1) is 12.0 Å². The Morgan fingerprint density at radius 3 is 2.67 bits per heavy atom. The first kappa shape index (κ1) is 10.6. The van der Waals surface area contributed by atoms with E-state index >= 15 is 0 Å². The van der Waals surface area contributed by atoms with Gasteiger partial charge in [0, 0.05) is 6.54 Å². The predicted molar refractivity (Wildman–Crippen MR) is 56.4 cm³/mol. The standard InChI is InChI=1S/C11H18N2O2/c14-10(9-5-1-2-6-12-9)8-4-3-7-13-11(8)15/h8-9,12H,1-7H2,(H,13,15). The summed E-state index contributed by atoms with van der Waals surface area (Å²) in [6, 6.07) is -0.0763. The zero-order valence-corrected chi connectivity index (χ0v) is 8.92. The topological polar surface area (TPSA) is 58.2 Å². The van der Waals surface area contributed by atoms with E-state index in [9.17, 15) is 9.59 Å². The van der Waals surface area contributed by atoms with E-state index in [1.807, 2.05) is 0 Å². The van der Waals surface area contributed by atoms with E-state index < -0.39 is 5.92 Å². The van der Waals surface area contributed by atoms with Gasteiger partial charge in [0.1, 0.15) is 0 Å². The molecule has 0 bridgehead atoms. The Labute approximate surface area is 89.8 Å². The van der Waals surface area contributed by atoms with E-state index in [4.69, 9.17) is 0 Å². The molecule has 2 fully saturated rings. The number of Topliss-reactive ketones (excluding diaryl/α,β-unsaturated/α-hetero) is 1. The maximum Gasteiger partial charge on any atom is 0.230 e. The Morgan fingerprint density at radius 2 is 2.00 bits per heavy atom. The molecule has 0 aromatic heterocycles.